The Labute approximate surface area is 148 Å². The first-order valence-corrected chi connectivity index (χ1v) is 7.90. The zero-order valence-corrected chi connectivity index (χ0v) is 14.2. The summed E-state index contributed by atoms with van der Waals surface area (Å²) in [7, 11) is 0. The molecule has 6 nitrogen and oxygen atoms in total. The van der Waals surface area contributed by atoms with Gasteiger partial charge in [0, 0.05) is 0 Å². The monoisotopic (exact) mass is 361 g/mol. The van der Waals surface area contributed by atoms with Crippen molar-refractivity contribution in [3.8, 4) is 5.69 Å². The molecule has 0 spiro atoms. The van der Waals surface area contributed by atoms with Gasteiger partial charge in [-0.1, -0.05) is 41.4 Å². The molecule has 0 aliphatic carbocycles. The second-order valence-electron chi connectivity index (χ2n) is 5.14. The molecule has 0 saturated carbocycles. The Morgan fingerprint density at radius 1 is 1.17 bits per heavy atom. The summed E-state index contributed by atoms with van der Waals surface area (Å²) in [6.45, 7) is 1.87. The number of carbonyl (C=O) groups excluding carboxylic acids is 1. The van der Waals surface area contributed by atoms with Crippen molar-refractivity contribution in [1.82, 2.24) is 25.5 Å². The first-order chi connectivity index (χ1) is 11.6. The van der Waals surface area contributed by atoms with E-state index >= 15 is 0 Å². The van der Waals surface area contributed by atoms with Crippen molar-refractivity contribution in [2.45, 2.75) is 13.0 Å². The Morgan fingerprint density at radius 2 is 1.96 bits per heavy atom. The lowest BCUT2D eigenvalue weighted by atomic mass is 10.1. The fourth-order valence-electron chi connectivity index (χ4n) is 2.28. The Morgan fingerprint density at radius 3 is 2.67 bits per heavy atom. The van der Waals surface area contributed by atoms with E-state index in [1.54, 1.807) is 30.3 Å². The summed E-state index contributed by atoms with van der Waals surface area (Å²) < 4.78 is 1.44. The van der Waals surface area contributed by atoms with Gasteiger partial charge in [-0.3, -0.25) is 4.79 Å². The predicted octanol–water partition coefficient (Wildman–Crippen LogP) is 3.46. The number of carbonyl (C=O) groups is 1. The van der Waals surface area contributed by atoms with Crippen LogP contribution in [0.5, 0.6) is 0 Å². The highest BCUT2D eigenvalue weighted by Gasteiger charge is 2.16. The van der Waals surface area contributed by atoms with Crippen molar-refractivity contribution in [3.05, 3.63) is 70.0 Å². The van der Waals surface area contributed by atoms with E-state index in [4.69, 9.17) is 23.2 Å². The number of benzene rings is 2. The number of nitrogens with one attached hydrogen (secondary N) is 1. The Balaban J connectivity index is 1.84. The molecule has 3 aromatic rings. The van der Waals surface area contributed by atoms with Gasteiger partial charge < -0.3 is 5.32 Å². The second kappa shape index (κ2) is 6.98. The summed E-state index contributed by atoms with van der Waals surface area (Å²) >= 11 is 12.0. The molecule has 0 aliphatic heterocycles. The molecule has 0 aliphatic rings. The van der Waals surface area contributed by atoms with Gasteiger partial charge in [0.15, 0.2) is 0 Å². The van der Waals surface area contributed by atoms with E-state index in [1.807, 2.05) is 19.1 Å². The third-order valence-electron chi connectivity index (χ3n) is 3.54. The average molecular weight is 362 g/mol. The van der Waals surface area contributed by atoms with Crippen LogP contribution in [-0.4, -0.2) is 26.1 Å². The number of halogens is 2. The van der Waals surface area contributed by atoms with Gasteiger partial charge in [-0.05, 0) is 47.2 Å². The molecule has 3 rings (SSSR count). The number of rotatable bonds is 4. The second-order valence-corrected chi connectivity index (χ2v) is 5.95. The van der Waals surface area contributed by atoms with Crippen molar-refractivity contribution in [2.24, 2.45) is 0 Å². The molecule has 122 valence electrons. The van der Waals surface area contributed by atoms with E-state index in [-0.39, 0.29) is 11.9 Å². The third kappa shape index (κ3) is 3.39. The van der Waals surface area contributed by atoms with Gasteiger partial charge in [-0.15, -0.1) is 5.10 Å². The number of para-hydroxylation sites is 1. The summed E-state index contributed by atoms with van der Waals surface area (Å²) in [5.41, 5.74) is 1.93. The first kappa shape index (κ1) is 16.4. The third-order valence-corrected chi connectivity index (χ3v) is 4.27. The maximum absolute atomic E-state index is 12.6. The van der Waals surface area contributed by atoms with Crippen molar-refractivity contribution >= 4 is 29.1 Å². The standard InChI is InChI=1S/C16H13Cl2N5O/c1-10(11-6-7-13(17)14(18)8-11)20-16(24)12-4-2-3-5-15(12)23-9-19-21-22-23/h2-10H,1H3,(H,20,24)/t10-/m0/s1. The molecule has 8 heteroatoms. The lowest BCUT2D eigenvalue weighted by molar-refractivity contribution is 0.0939. The van der Waals surface area contributed by atoms with Crippen LogP contribution >= 0.6 is 23.2 Å². The van der Waals surface area contributed by atoms with Crippen molar-refractivity contribution in [2.75, 3.05) is 0 Å². The van der Waals surface area contributed by atoms with Crippen LogP contribution in [0.1, 0.15) is 28.9 Å². The van der Waals surface area contributed by atoms with E-state index in [0.29, 0.717) is 21.3 Å². The lowest BCUT2D eigenvalue weighted by Crippen LogP contribution is -2.27. The fourth-order valence-corrected chi connectivity index (χ4v) is 2.58. The SMILES string of the molecule is C[C@H](NC(=O)c1ccccc1-n1cnnn1)c1ccc(Cl)c(Cl)c1. The van der Waals surface area contributed by atoms with Crippen LogP contribution < -0.4 is 5.32 Å². The van der Waals surface area contributed by atoms with Crippen LogP contribution in [0.4, 0.5) is 0 Å². The van der Waals surface area contributed by atoms with Crippen LogP contribution in [-0.2, 0) is 0 Å². The van der Waals surface area contributed by atoms with E-state index in [2.05, 4.69) is 20.8 Å². The molecule has 1 heterocycles. The zero-order chi connectivity index (χ0) is 17.1. The summed E-state index contributed by atoms with van der Waals surface area (Å²) in [6.07, 6.45) is 1.44. The molecule has 1 amide bonds. The zero-order valence-electron chi connectivity index (χ0n) is 12.6. The van der Waals surface area contributed by atoms with Crippen molar-refractivity contribution in [1.29, 1.82) is 0 Å². The number of hydrogen-bond donors (Lipinski definition) is 1. The number of aromatic nitrogens is 4. The van der Waals surface area contributed by atoms with Gasteiger partial charge in [0.05, 0.1) is 27.3 Å². The molecule has 24 heavy (non-hydrogen) atoms. The van der Waals surface area contributed by atoms with Gasteiger partial charge in [0.1, 0.15) is 6.33 Å². The van der Waals surface area contributed by atoms with Gasteiger partial charge in [-0.2, -0.15) is 4.68 Å². The maximum Gasteiger partial charge on any atom is 0.253 e. The summed E-state index contributed by atoms with van der Waals surface area (Å²) in [5, 5.41) is 14.9. The highest BCUT2D eigenvalue weighted by atomic mass is 35.5. The van der Waals surface area contributed by atoms with E-state index < -0.39 is 0 Å². The summed E-state index contributed by atoms with van der Waals surface area (Å²) in [6, 6.07) is 12.1. The molecule has 0 saturated heterocycles. The van der Waals surface area contributed by atoms with Gasteiger partial charge >= 0.3 is 0 Å². The number of hydrogen-bond acceptors (Lipinski definition) is 4. The molecular weight excluding hydrogens is 349 g/mol. The average Bonchev–Trinajstić information content (AvgIpc) is 3.11. The van der Waals surface area contributed by atoms with Crippen LogP contribution in [0.3, 0.4) is 0 Å². The first-order valence-electron chi connectivity index (χ1n) is 7.14. The molecular formula is C16H13Cl2N5O. The van der Waals surface area contributed by atoms with E-state index in [0.717, 1.165) is 5.56 Å². The normalized spacial score (nSPS) is 12.0. The highest BCUT2D eigenvalue weighted by molar-refractivity contribution is 6.42. The largest absolute Gasteiger partial charge is 0.345 e. The Bertz CT molecular complexity index is 867. The van der Waals surface area contributed by atoms with Crippen LogP contribution in [0.25, 0.3) is 5.69 Å². The molecule has 2 aromatic carbocycles. The molecule has 0 radical (unpaired) electrons. The Hall–Kier alpha value is -2.44. The predicted molar refractivity (Wildman–Crippen MR) is 91.5 cm³/mol. The van der Waals surface area contributed by atoms with E-state index in [1.165, 1.54) is 11.0 Å². The number of nitrogens with zero attached hydrogens (tertiary/aromatic N) is 4. The molecule has 0 fully saturated rings. The smallest absolute Gasteiger partial charge is 0.253 e. The van der Waals surface area contributed by atoms with Crippen LogP contribution in [0.2, 0.25) is 10.0 Å². The molecule has 1 N–H and O–H groups in total. The molecule has 0 bridgehead atoms. The summed E-state index contributed by atoms with van der Waals surface area (Å²) in [4.78, 5) is 12.6. The van der Waals surface area contributed by atoms with Gasteiger partial charge in [-0.25, -0.2) is 0 Å². The topological polar surface area (TPSA) is 72.7 Å². The molecule has 0 unspecified atom stereocenters. The van der Waals surface area contributed by atoms with Crippen molar-refractivity contribution in [3.63, 3.8) is 0 Å². The van der Waals surface area contributed by atoms with Crippen LogP contribution in [0, 0.1) is 0 Å². The van der Waals surface area contributed by atoms with E-state index in [9.17, 15) is 4.79 Å². The van der Waals surface area contributed by atoms with Gasteiger partial charge in [0.25, 0.3) is 5.91 Å². The lowest BCUT2D eigenvalue weighted by Gasteiger charge is -2.16. The van der Waals surface area contributed by atoms with Crippen molar-refractivity contribution < 1.29 is 4.79 Å². The highest BCUT2D eigenvalue weighted by Crippen LogP contribution is 2.26. The quantitative estimate of drug-likeness (QED) is 0.772. The minimum absolute atomic E-state index is 0.236. The molecule has 1 aromatic heterocycles. The van der Waals surface area contributed by atoms with Crippen LogP contribution in [0.15, 0.2) is 48.8 Å². The minimum Gasteiger partial charge on any atom is -0.345 e. The number of amides is 1. The Kier molecular flexibility index (Phi) is 4.78. The fraction of sp³-hybridized carbons (Fsp3) is 0.125. The maximum atomic E-state index is 12.6. The van der Waals surface area contributed by atoms with Gasteiger partial charge in [0.2, 0.25) is 0 Å². The summed E-state index contributed by atoms with van der Waals surface area (Å²) in [5.74, 6) is -0.236. The number of tetrazole rings is 1. The molecule has 1 atom stereocenters. The minimum atomic E-state index is -0.241.